The number of rotatable bonds is 12. The predicted octanol–water partition coefficient (Wildman–Crippen LogP) is 1.85. The van der Waals surface area contributed by atoms with E-state index in [0.29, 0.717) is 49.7 Å². The number of benzene rings is 2. The lowest BCUT2D eigenvalue weighted by Crippen LogP contribution is -2.31. The van der Waals surface area contributed by atoms with E-state index in [-0.39, 0.29) is 13.2 Å². The molecule has 0 spiro atoms. The minimum atomic E-state index is 0.0168. The Hall–Kier alpha value is -2.34. The van der Waals surface area contributed by atoms with Crippen LogP contribution < -0.4 is 21.3 Å². The first-order chi connectivity index (χ1) is 16.1. The number of ether oxygens (including phenoxy) is 2. The standard InChI is InChI=1S/C23H30N4O4S2/c28-7-11-30-9-5-24-22(32)26-18-1-3-20-16(14-18)13-17-15-19(2-4-21(17)20)27-23(33)25-6-10-31-12-8-29/h1-4,14-15,28-29H,5-13H2,(H2,24,26,32)(H2,25,27,33). The van der Waals surface area contributed by atoms with Crippen LogP contribution in [0, 0.1) is 0 Å². The van der Waals surface area contributed by atoms with E-state index in [1.54, 1.807) is 0 Å². The third-order valence-electron chi connectivity index (χ3n) is 4.93. The van der Waals surface area contributed by atoms with Crippen LogP contribution in [0.3, 0.4) is 0 Å². The Labute approximate surface area is 204 Å². The summed E-state index contributed by atoms with van der Waals surface area (Å²) in [5.74, 6) is 0. The van der Waals surface area contributed by atoms with E-state index >= 15 is 0 Å². The smallest absolute Gasteiger partial charge is 0.170 e. The number of anilines is 2. The maximum absolute atomic E-state index is 8.71. The Balaban J connectivity index is 1.51. The molecule has 0 radical (unpaired) electrons. The van der Waals surface area contributed by atoms with Crippen LogP contribution in [0.2, 0.25) is 0 Å². The molecule has 2 aromatic carbocycles. The van der Waals surface area contributed by atoms with Gasteiger partial charge in [0.25, 0.3) is 0 Å². The van der Waals surface area contributed by atoms with Crippen LogP contribution in [0.4, 0.5) is 11.4 Å². The fourth-order valence-electron chi connectivity index (χ4n) is 3.52. The Morgan fingerprint density at radius 3 is 1.61 bits per heavy atom. The van der Waals surface area contributed by atoms with Gasteiger partial charge in [-0.2, -0.15) is 0 Å². The van der Waals surface area contributed by atoms with E-state index in [9.17, 15) is 0 Å². The number of thiocarbonyl (C=S) groups is 2. The van der Waals surface area contributed by atoms with Crippen LogP contribution in [0.5, 0.6) is 0 Å². The number of aliphatic hydroxyl groups is 2. The number of nitrogens with one attached hydrogen (secondary N) is 4. The average Bonchev–Trinajstić information content (AvgIpc) is 3.15. The minimum absolute atomic E-state index is 0.0168. The summed E-state index contributed by atoms with van der Waals surface area (Å²) in [7, 11) is 0. The number of hydrogen-bond donors (Lipinski definition) is 6. The van der Waals surface area contributed by atoms with E-state index in [1.165, 1.54) is 22.3 Å². The van der Waals surface area contributed by atoms with E-state index in [2.05, 4.69) is 45.5 Å². The van der Waals surface area contributed by atoms with Gasteiger partial charge in [0.1, 0.15) is 0 Å². The van der Waals surface area contributed by atoms with Gasteiger partial charge in [-0.3, -0.25) is 0 Å². The van der Waals surface area contributed by atoms with Crippen LogP contribution in [0.1, 0.15) is 11.1 Å². The van der Waals surface area contributed by atoms with Crippen molar-refractivity contribution in [1.82, 2.24) is 10.6 Å². The van der Waals surface area contributed by atoms with Crippen LogP contribution in [0.15, 0.2) is 36.4 Å². The topological polar surface area (TPSA) is 107 Å². The highest BCUT2D eigenvalue weighted by atomic mass is 32.1. The van der Waals surface area contributed by atoms with Gasteiger partial charge in [-0.15, -0.1) is 0 Å². The van der Waals surface area contributed by atoms with Gasteiger partial charge >= 0.3 is 0 Å². The summed E-state index contributed by atoms with van der Waals surface area (Å²) in [6.45, 7) is 2.80. The lowest BCUT2D eigenvalue weighted by Gasteiger charge is -2.12. The van der Waals surface area contributed by atoms with Crippen LogP contribution in [0.25, 0.3) is 11.1 Å². The molecule has 0 amide bonds. The largest absolute Gasteiger partial charge is 0.394 e. The SMILES string of the molecule is OCCOCCNC(=S)Nc1ccc2c(c1)Cc1cc(NC(=S)NCCOCCO)ccc1-2. The summed E-state index contributed by atoms with van der Waals surface area (Å²) < 4.78 is 10.4. The van der Waals surface area contributed by atoms with Crippen molar-refractivity contribution in [2.45, 2.75) is 6.42 Å². The highest BCUT2D eigenvalue weighted by Crippen LogP contribution is 2.39. The normalized spacial score (nSPS) is 11.5. The molecule has 0 bridgehead atoms. The van der Waals surface area contributed by atoms with Crippen molar-refractivity contribution in [3.8, 4) is 11.1 Å². The summed E-state index contributed by atoms with van der Waals surface area (Å²) in [4.78, 5) is 0. The number of aliphatic hydroxyl groups excluding tert-OH is 2. The first-order valence-corrected chi connectivity index (χ1v) is 11.7. The molecular weight excluding hydrogens is 460 g/mol. The van der Waals surface area contributed by atoms with Crippen molar-refractivity contribution in [3.63, 3.8) is 0 Å². The molecule has 8 nitrogen and oxygen atoms in total. The quantitative estimate of drug-likeness (QED) is 0.166. The summed E-state index contributed by atoms with van der Waals surface area (Å²) in [5, 5.41) is 31.1. The van der Waals surface area contributed by atoms with E-state index in [4.69, 9.17) is 44.1 Å². The first-order valence-electron chi connectivity index (χ1n) is 10.8. The summed E-state index contributed by atoms with van der Waals surface area (Å²) in [6.07, 6.45) is 0.833. The van der Waals surface area contributed by atoms with Gasteiger partial charge in [0.2, 0.25) is 0 Å². The second kappa shape index (κ2) is 13.4. The van der Waals surface area contributed by atoms with Crippen molar-refractivity contribution >= 4 is 46.0 Å². The Morgan fingerprint density at radius 1 is 0.727 bits per heavy atom. The fraction of sp³-hybridized carbons (Fsp3) is 0.391. The lowest BCUT2D eigenvalue weighted by atomic mass is 10.1. The third kappa shape index (κ3) is 7.88. The van der Waals surface area contributed by atoms with Gasteiger partial charge in [-0.1, -0.05) is 12.1 Å². The molecule has 0 aliphatic heterocycles. The molecule has 0 unspecified atom stereocenters. The Bertz CT molecular complexity index is 883. The van der Waals surface area contributed by atoms with Crippen molar-refractivity contribution in [3.05, 3.63) is 47.5 Å². The molecule has 178 valence electrons. The molecule has 0 heterocycles. The fourth-order valence-corrected chi connectivity index (χ4v) is 3.96. The van der Waals surface area contributed by atoms with Crippen molar-refractivity contribution in [2.75, 3.05) is 63.4 Å². The molecule has 2 aromatic rings. The van der Waals surface area contributed by atoms with E-state index in [1.807, 2.05) is 12.1 Å². The van der Waals surface area contributed by atoms with Crippen LogP contribution in [-0.2, 0) is 15.9 Å². The van der Waals surface area contributed by atoms with Crippen molar-refractivity contribution < 1.29 is 19.7 Å². The Kier molecular flexibility index (Phi) is 10.3. The van der Waals surface area contributed by atoms with Crippen LogP contribution in [-0.4, -0.2) is 73.2 Å². The third-order valence-corrected chi connectivity index (χ3v) is 5.43. The molecule has 0 aromatic heterocycles. The molecule has 10 heteroatoms. The summed E-state index contributed by atoms with van der Waals surface area (Å²) in [5.41, 5.74) is 6.79. The summed E-state index contributed by atoms with van der Waals surface area (Å²) >= 11 is 10.7. The highest BCUT2D eigenvalue weighted by molar-refractivity contribution is 7.80. The Morgan fingerprint density at radius 2 is 1.18 bits per heavy atom. The average molecular weight is 491 g/mol. The van der Waals surface area contributed by atoms with Gasteiger partial charge in [0.05, 0.1) is 39.6 Å². The molecule has 0 atom stereocenters. The van der Waals surface area contributed by atoms with Gasteiger partial charge in [-0.25, -0.2) is 0 Å². The zero-order valence-corrected chi connectivity index (χ0v) is 20.0. The highest BCUT2D eigenvalue weighted by Gasteiger charge is 2.19. The molecule has 3 rings (SSSR count). The molecule has 1 aliphatic carbocycles. The predicted molar refractivity (Wildman–Crippen MR) is 139 cm³/mol. The van der Waals surface area contributed by atoms with Gasteiger partial charge < -0.3 is 41.0 Å². The van der Waals surface area contributed by atoms with Crippen LogP contribution >= 0.6 is 24.4 Å². The maximum Gasteiger partial charge on any atom is 0.170 e. The monoisotopic (exact) mass is 490 g/mol. The van der Waals surface area contributed by atoms with Gasteiger partial charge in [0.15, 0.2) is 10.2 Å². The first kappa shape index (κ1) is 25.3. The number of hydrogen-bond acceptors (Lipinski definition) is 6. The van der Waals surface area contributed by atoms with Crippen molar-refractivity contribution in [2.24, 2.45) is 0 Å². The molecule has 0 saturated carbocycles. The summed E-state index contributed by atoms with van der Waals surface area (Å²) in [6, 6.07) is 12.5. The van der Waals surface area contributed by atoms with Crippen molar-refractivity contribution in [1.29, 1.82) is 0 Å². The maximum atomic E-state index is 8.71. The molecule has 33 heavy (non-hydrogen) atoms. The lowest BCUT2D eigenvalue weighted by molar-refractivity contribution is 0.0959. The van der Waals surface area contributed by atoms with E-state index in [0.717, 1.165) is 17.8 Å². The zero-order chi connectivity index (χ0) is 23.5. The zero-order valence-electron chi connectivity index (χ0n) is 18.4. The molecule has 0 fully saturated rings. The molecule has 6 N–H and O–H groups in total. The second-order valence-electron chi connectivity index (χ2n) is 7.35. The van der Waals surface area contributed by atoms with E-state index < -0.39 is 0 Å². The van der Waals surface area contributed by atoms with Gasteiger partial charge in [-0.05, 0) is 77.4 Å². The minimum Gasteiger partial charge on any atom is -0.394 e. The molecule has 0 saturated heterocycles. The van der Waals surface area contributed by atoms with Gasteiger partial charge in [0, 0.05) is 24.5 Å². The molecular formula is C23H30N4O4S2. The second-order valence-corrected chi connectivity index (χ2v) is 8.17. The number of fused-ring (bicyclic) bond motifs is 3. The molecule has 1 aliphatic rings.